The molecular weight excluding hydrogens is 307 g/mol. The number of rotatable bonds is 2. The molecular formula is C10H9IN2S. The van der Waals surface area contributed by atoms with Crippen molar-refractivity contribution in [2.75, 3.05) is 6.26 Å². The Hall–Kier alpha value is -0.490. The van der Waals surface area contributed by atoms with E-state index in [1.54, 1.807) is 11.8 Å². The van der Waals surface area contributed by atoms with Gasteiger partial charge >= 0.3 is 0 Å². The third-order valence-electron chi connectivity index (χ3n) is 1.95. The highest BCUT2D eigenvalue weighted by atomic mass is 127. The van der Waals surface area contributed by atoms with Crippen LogP contribution in [0.3, 0.4) is 0 Å². The van der Waals surface area contributed by atoms with Crippen LogP contribution < -0.4 is 0 Å². The molecule has 0 amide bonds. The molecule has 2 nitrogen and oxygen atoms in total. The van der Waals surface area contributed by atoms with E-state index in [1.165, 1.54) is 4.90 Å². The van der Waals surface area contributed by atoms with E-state index in [1.807, 2.05) is 12.4 Å². The van der Waals surface area contributed by atoms with Gasteiger partial charge in [-0.25, -0.2) is 4.98 Å². The summed E-state index contributed by atoms with van der Waals surface area (Å²) in [6.45, 7) is 0. The Bertz CT molecular complexity index is 422. The summed E-state index contributed by atoms with van der Waals surface area (Å²) in [5, 5.41) is 0. The predicted octanol–water partition coefficient (Wildman–Crippen LogP) is 3.20. The molecule has 0 N–H and O–H groups in total. The molecule has 72 valence electrons. The maximum Gasteiger partial charge on any atom is 0.175 e. The van der Waals surface area contributed by atoms with Gasteiger partial charge in [-0.05, 0) is 30.5 Å². The van der Waals surface area contributed by atoms with E-state index in [-0.39, 0.29) is 0 Å². The van der Waals surface area contributed by atoms with E-state index >= 15 is 0 Å². The highest BCUT2D eigenvalue weighted by Gasteiger charge is 2.00. The molecule has 0 aliphatic heterocycles. The van der Waals surface area contributed by atoms with Crippen LogP contribution in [0.15, 0.2) is 41.6 Å². The molecule has 0 unspecified atom stereocenters. The lowest BCUT2D eigenvalue weighted by atomic mass is 10.3. The summed E-state index contributed by atoms with van der Waals surface area (Å²) in [7, 11) is 0. The van der Waals surface area contributed by atoms with Gasteiger partial charge in [-0.3, -0.25) is 4.57 Å². The van der Waals surface area contributed by atoms with Crippen molar-refractivity contribution in [2.24, 2.45) is 0 Å². The molecule has 0 radical (unpaired) electrons. The summed E-state index contributed by atoms with van der Waals surface area (Å²) in [5.41, 5.74) is 1.16. The normalized spacial score (nSPS) is 10.4. The Morgan fingerprint density at radius 2 is 2.00 bits per heavy atom. The van der Waals surface area contributed by atoms with Gasteiger partial charge in [-0.2, -0.15) is 0 Å². The first-order chi connectivity index (χ1) is 6.81. The maximum atomic E-state index is 4.18. The van der Waals surface area contributed by atoms with E-state index in [9.17, 15) is 0 Å². The molecule has 4 heteroatoms. The van der Waals surface area contributed by atoms with Gasteiger partial charge in [0.05, 0.1) is 0 Å². The molecule has 2 aromatic rings. The number of halogens is 1. The van der Waals surface area contributed by atoms with E-state index in [4.69, 9.17) is 0 Å². The molecule has 0 bridgehead atoms. The standard InChI is InChI=1S/C10H9IN2S/c1-14-9-4-2-8(3-5-9)13-7-6-12-10(13)11/h2-7H,1H3. The van der Waals surface area contributed by atoms with Crippen molar-refractivity contribution in [2.45, 2.75) is 4.90 Å². The van der Waals surface area contributed by atoms with Gasteiger partial charge in [0.25, 0.3) is 0 Å². The molecule has 0 spiro atoms. The second-order valence-corrected chi connectivity index (χ2v) is 4.61. The van der Waals surface area contributed by atoms with Crippen molar-refractivity contribution in [3.05, 3.63) is 40.5 Å². The van der Waals surface area contributed by atoms with Gasteiger partial charge in [0, 0.05) is 45.6 Å². The average Bonchev–Trinajstić information content (AvgIpc) is 2.65. The van der Waals surface area contributed by atoms with Gasteiger partial charge in [0.1, 0.15) is 0 Å². The number of hydrogen-bond acceptors (Lipinski definition) is 2. The van der Waals surface area contributed by atoms with Crippen molar-refractivity contribution in [1.29, 1.82) is 0 Å². The molecule has 0 atom stereocenters. The Kier molecular flexibility index (Phi) is 3.12. The average molecular weight is 316 g/mol. The second kappa shape index (κ2) is 4.35. The van der Waals surface area contributed by atoms with Crippen LogP contribution in [0.25, 0.3) is 5.69 Å². The highest BCUT2D eigenvalue weighted by molar-refractivity contribution is 14.1. The molecule has 2 rings (SSSR count). The lowest BCUT2D eigenvalue weighted by Crippen LogP contribution is -1.94. The summed E-state index contributed by atoms with van der Waals surface area (Å²) in [6.07, 6.45) is 5.86. The molecule has 1 heterocycles. The van der Waals surface area contributed by atoms with Crippen molar-refractivity contribution in [3.8, 4) is 5.69 Å². The summed E-state index contributed by atoms with van der Waals surface area (Å²) in [4.78, 5) is 5.46. The molecule has 0 saturated heterocycles. The van der Waals surface area contributed by atoms with Gasteiger partial charge in [0.2, 0.25) is 0 Å². The largest absolute Gasteiger partial charge is 0.295 e. The molecule has 1 aromatic heterocycles. The van der Waals surface area contributed by atoms with Crippen LogP contribution in [-0.2, 0) is 0 Å². The molecule has 0 saturated carbocycles. The Labute approximate surface area is 101 Å². The summed E-state index contributed by atoms with van der Waals surface area (Å²) in [5.74, 6) is 0. The number of benzene rings is 1. The lowest BCUT2D eigenvalue weighted by Gasteiger charge is -2.04. The van der Waals surface area contributed by atoms with Crippen molar-refractivity contribution in [1.82, 2.24) is 9.55 Å². The van der Waals surface area contributed by atoms with Crippen LogP contribution in [0.5, 0.6) is 0 Å². The van der Waals surface area contributed by atoms with Gasteiger partial charge in [-0.15, -0.1) is 11.8 Å². The van der Waals surface area contributed by atoms with Crippen LogP contribution in [0.1, 0.15) is 0 Å². The number of imidazole rings is 1. The molecule has 14 heavy (non-hydrogen) atoms. The summed E-state index contributed by atoms with van der Waals surface area (Å²) in [6, 6.07) is 8.46. The smallest absolute Gasteiger partial charge is 0.175 e. The number of aromatic nitrogens is 2. The van der Waals surface area contributed by atoms with E-state index in [0.717, 1.165) is 9.52 Å². The minimum Gasteiger partial charge on any atom is -0.295 e. The lowest BCUT2D eigenvalue weighted by molar-refractivity contribution is 1.01. The van der Waals surface area contributed by atoms with Crippen molar-refractivity contribution < 1.29 is 0 Å². The van der Waals surface area contributed by atoms with Crippen LogP contribution in [0.2, 0.25) is 0 Å². The number of hydrogen-bond donors (Lipinski definition) is 0. The number of nitrogens with zero attached hydrogens (tertiary/aromatic N) is 2. The topological polar surface area (TPSA) is 17.8 Å². The predicted molar refractivity (Wildman–Crippen MR) is 68.1 cm³/mol. The van der Waals surface area contributed by atoms with Crippen LogP contribution >= 0.6 is 34.4 Å². The van der Waals surface area contributed by atoms with E-state index < -0.39 is 0 Å². The zero-order valence-corrected chi connectivity index (χ0v) is 10.6. The highest BCUT2D eigenvalue weighted by Crippen LogP contribution is 2.18. The van der Waals surface area contributed by atoms with Gasteiger partial charge < -0.3 is 0 Å². The van der Waals surface area contributed by atoms with Gasteiger partial charge in [0.15, 0.2) is 3.83 Å². The zero-order valence-electron chi connectivity index (χ0n) is 7.64. The monoisotopic (exact) mass is 316 g/mol. The summed E-state index contributed by atoms with van der Waals surface area (Å²) >= 11 is 3.98. The fourth-order valence-electron chi connectivity index (χ4n) is 1.22. The van der Waals surface area contributed by atoms with Crippen molar-refractivity contribution >= 4 is 34.4 Å². The summed E-state index contributed by atoms with van der Waals surface area (Å²) < 4.78 is 3.05. The minimum absolute atomic E-state index is 0.986. The molecule has 0 aliphatic carbocycles. The Balaban J connectivity index is 2.39. The van der Waals surface area contributed by atoms with Crippen LogP contribution in [-0.4, -0.2) is 15.8 Å². The van der Waals surface area contributed by atoms with Crippen molar-refractivity contribution in [3.63, 3.8) is 0 Å². The molecule has 1 aromatic carbocycles. The maximum absolute atomic E-state index is 4.18. The van der Waals surface area contributed by atoms with E-state index in [2.05, 4.69) is 62.7 Å². The Morgan fingerprint density at radius 1 is 1.29 bits per heavy atom. The molecule has 0 aliphatic rings. The first-order valence-corrected chi connectivity index (χ1v) is 6.45. The zero-order chi connectivity index (χ0) is 9.97. The van der Waals surface area contributed by atoms with Crippen LogP contribution in [0, 0.1) is 3.83 Å². The minimum atomic E-state index is 0.986. The first kappa shape index (κ1) is 10.0. The quantitative estimate of drug-likeness (QED) is 0.625. The van der Waals surface area contributed by atoms with E-state index in [0.29, 0.717) is 0 Å². The van der Waals surface area contributed by atoms with Crippen LogP contribution in [0.4, 0.5) is 0 Å². The SMILES string of the molecule is CSc1ccc(-n2ccnc2I)cc1. The number of thioether (sulfide) groups is 1. The fraction of sp³-hybridized carbons (Fsp3) is 0.100. The third-order valence-corrected chi connectivity index (χ3v) is 3.49. The molecule has 0 fully saturated rings. The van der Waals surface area contributed by atoms with Gasteiger partial charge in [-0.1, -0.05) is 0 Å². The Morgan fingerprint density at radius 3 is 2.50 bits per heavy atom. The first-order valence-electron chi connectivity index (χ1n) is 4.14. The fourth-order valence-corrected chi connectivity index (χ4v) is 2.23. The third kappa shape index (κ3) is 1.95. The second-order valence-electron chi connectivity index (χ2n) is 2.76.